The highest BCUT2D eigenvalue weighted by molar-refractivity contribution is 8.00. The van der Waals surface area contributed by atoms with Crippen LogP contribution in [0.15, 0.2) is 84.9 Å². The van der Waals surface area contributed by atoms with Gasteiger partial charge in [0.2, 0.25) is 0 Å². The number of hydrogen-bond acceptors (Lipinski definition) is 6. The molecule has 3 unspecified atom stereocenters. The zero-order valence-corrected chi connectivity index (χ0v) is 23.8. The second-order valence-electron chi connectivity index (χ2n) is 9.64. The second-order valence-corrected chi connectivity index (χ2v) is 10.9. The first-order valence-corrected chi connectivity index (χ1v) is 14.6. The Morgan fingerprint density at radius 1 is 0.692 bits per heavy atom. The van der Waals surface area contributed by atoms with Gasteiger partial charge in [0.25, 0.3) is 0 Å². The molecular weight excluding hydrogens is 508 g/mol. The van der Waals surface area contributed by atoms with E-state index in [1.54, 1.807) is 0 Å². The number of esters is 2. The first-order chi connectivity index (χ1) is 19.0. The van der Waals surface area contributed by atoms with Crippen molar-refractivity contribution in [1.82, 2.24) is 0 Å². The van der Waals surface area contributed by atoms with Gasteiger partial charge in [-0.3, -0.25) is 4.79 Å². The average molecular weight is 549 g/mol. The van der Waals surface area contributed by atoms with Gasteiger partial charge in [0.05, 0.1) is 19.5 Å². The standard InChI is InChI=1S/C33H40O5S/c1-37-32(35)29(34)31(39-30(33(36)38-2)27-22-13-8-14-23-27)28-24-16-15-21-26(28)20-12-6-4-3-5-9-17-25-18-10-7-11-19-25/h7-8,10-11,13-16,18-19,21-24,29-31,34H,3-6,9,12,17,20H2,1-2H3. The van der Waals surface area contributed by atoms with E-state index < -0.39 is 28.5 Å². The van der Waals surface area contributed by atoms with Gasteiger partial charge in [-0.05, 0) is 47.9 Å². The average Bonchev–Trinajstić information content (AvgIpc) is 2.99. The third kappa shape index (κ3) is 9.55. The molecule has 0 aliphatic heterocycles. The predicted molar refractivity (Wildman–Crippen MR) is 158 cm³/mol. The number of ether oxygens (including phenoxy) is 2. The van der Waals surface area contributed by atoms with Crippen LogP contribution in [0.25, 0.3) is 0 Å². The minimum absolute atomic E-state index is 0.432. The molecule has 0 spiro atoms. The smallest absolute Gasteiger partial charge is 0.336 e. The van der Waals surface area contributed by atoms with Gasteiger partial charge in [0.15, 0.2) is 6.10 Å². The minimum atomic E-state index is -1.43. The lowest BCUT2D eigenvalue weighted by Gasteiger charge is -2.27. The highest BCUT2D eigenvalue weighted by atomic mass is 32.2. The number of aliphatic hydroxyl groups excluding tert-OH is 1. The summed E-state index contributed by atoms with van der Waals surface area (Å²) in [7, 11) is 2.61. The monoisotopic (exact) mass is 548 g/mol. The van der Waals surface area contributed by atoms with Crippen LogP contribution in [0, 0.1) is 0 Å². The first kappa shape index (κ1) is 30.5. The molecule has 0 aromatic heterocycles. The molecule has 0 fully saturated rings. The summed E-state index contributed by atoms with van der Waals surface area (Å²) >= 11 is 1.22. The van der Waals surface area contributed by atoms with Gasteiger partial charge in [0, 0.05) is 0 Å². The Bertz CT molecular complexity index is 1140. The molecule has 0 saturated carbocycles. The zero-order valence-electron chi connectivity index (χ0n) is 23.0. The van der Waals surface area contributed by atoms with E-state index in [1.165, 1.54) is 57.2 Å². The lowest BCUT2D eigenvalue weighted by atomic mass is 9.96. The van der Waals surface area contributed by atoms with Gasteiger partial charge in [-0.25, -0.2) is 4.79 Å². The molecule has 0 saturated heterocycles. The summed E-state index contributed by atoms with van der Waals surface area (Å²) < 4.78 is 9.97. The fourth-order valence-electron chi connectivity index (χ4n) is 4.75. The molecule has 0 aliphatic carbocycles. The van der Waals surface area contributed by atoms with Crippen LogP contribution in [-0.4, -0.2) is 37.4 Å². The van der Waals surface area contributed by atoms with Gasteiger partial charge in [0.1, 0.15) is 5.25 Å². The number of benzene rings is 3. The molecule has 0 aliphatic rings. The van der Waals surface area contributed by atoms with Crippen LogP contribution in [0.4, 0.5) is 0 Å². The molecule has 3 aromatic rings. The van der Waals surface area contributed by atoms with Gasteiger partial charge in [-0.2, -0.15) is 0 Å². The van der Waals surface area contributed by atoms with Crippen molar-refractivity contribution in [3.63, 3.8) is 0 Å². The van der Waals surface area contributed by atoms with E-state index >= 15 is 0 Å². The molecule has 3 aromatic carbocycles. The summed E-state index contributed by atoms with van der Waals surface area (Å²) in [6.45, 7) is 0. The lowest BCUT2D eigenvalue weighted by Crippen LogP contribution is -2.29. The third-order valence-electron chi connectivity index (χ3n) is 6.90. The maximum absolute atomic E-state index is 12.8. The van der Waals surface area contributed by atoms with Crippen LogP contribution < -0.4 is 0 Å². The number of unbranched alkanes of at least 4 members (excludes halogenated alkanes) is 5. The fourth-order valence-corrected chi connectivity index (χ4v) is 6.20. The van der Waals surface area contributed by atoms with Crippen LogP contribution in [0.2, 0.25) is 0 Å². The maximum Gasteiger partial charge on any atom is 0.336 e. The van der Waals surface area contributed by atoms with Crippen LogP contribution in [-0.2, 0) is 31.9 Å². The molecule has 5 nitrogen and oxygen atoms in total. The molecule has 3 atom stereocenters. The number of carbonyl (C=O) groups is 2. The summed E-state index contributed by atoms with van der Waals surface area (Å²) in [5, 5.41) is 9.63. The quantitative estimate of drug-likeness (QED) is 0.153. The Labute approximate surface area is 236 Å². The molecule has 39 heavy (non-hydrogen) atoms. The summed E-state index contributed by atoms with van der Waals surface area (Å²) in [6.07, 6.45) is 7.49. The molecule has 3 rings (SSSR count). The Morgan fingerprint density at radius 3 is 1.87 bits per heavy atom. The highest BCUT2D eigenvalue weighted by Gasteiger charge is 2.35. The summed E-state index contributed by atoms with van der Waals surface area (Å²) in [5.41, 5.74) is 4.06. The number of methoxy groups -OCH3 is 2. The van der Waals surface area contributed by atoms with Crippen molar-refractivity contribution in [3.8, 4) is 0 Å². The highest BCUT2D eigenvalue weighted by Crippen LogP contribution is 2.44. The van der Waals surface area contributed by atoms with Crippen LogP contribution in [0.1, 0.15) is 71.3 Å². The first-order valence-electron chi connectivity index (χ1n) is 13.7. The van der Waals surface area contributed by atoms with E-state index in [9.17, 15) is 14.7 Å². The number of rotatable bonds is 16. The van der Waals surface area contributed by atoms with Crippen LogP contribution in [0.5, 0.6) is 0 Å². The second kappa shape index (κ2) is 16.8. The maximum atomic E-state index is 12.8. The van der Waals surface area contributed by atoms with Crippen LogP contribution in [0.3, 0.4) is 0 Å². The van der Waals surface area contributed by atoms with Crippen molar-refractivity contribution in [2.24, 2.45) is 0 Å². The van der Waals surface area contributed by atoms with E-state index in [4.69, 9.17) is 9.47 Å². The number of aryl methyl sites for hydroxylation is 2. The largest absolute Gasteiger partial charge is 0.468 e. The Morgan fingerprint density at radius 2 is 1.23 bits per heavy atom. The summed E-state index contributed by atoms with van der Waals surface area (Å²) in [4.78, 5) is 25.3. The van der Waals surface area contributed by atoms with Crippen molar-refractivity contribution in [2.75, 3.05) is 14.2 Å². The van der Waals surface area contributed by atoms with E-state index in [0.717, 1.165) is 42.4 Å². The Balaban J connectivity index is 1.64. The lowest BCUT2D eigenvalue weighted by molar-refractivity contribution is -0.150. The molecular formula is C33H40O5S. The molecule has 208 valence electrons. The van der Waals surface area contributed by atoms with Crippen molar-refractivity contribution >= 4 is 23.7 Å². The molecule has 0 heterocycles. The van der Waals surface area contributed by atoms with Gasteiger partial charge in [-0.1, -0.05) is 111 Å². The predicted octanol–water partition coefficient (Wildman–Crippen LogP) is 7.03. The van der Waals surface area contributed by atoms with E-state index in [1.807, 2.05) is 54.6 Å². The minimum Gasteiger partial charge on any atom is -0.468 e. The third-order valence-corrected chi connectivity index (χ3v) is 8.44. The van der Waals surface area contributed by atoms with Gasteiger partial charge >= 0.3 is 11.9 Å². The Hall–Kier alpha value is -3.09. The molecule has 0 bridgehead atoms. The fraction of sp³-hybridized carbons (Fsp3) is 0.394. The number of hydrogen-bond donors (Lipinski definition) is 1. The Kier molecular flexibility index (Phi) is 13.1. The van der Waals surface area contributed by atoms with Crippen molar-refractivity contribution < 1.29 is 24.2 Å². The van der Waals surface area contributed by atoms with Crippen molar-refractivity contribution in [3.05, 3.63) is 107 Å². The van der Waals surface area contributed by atoms with E-state index in [0.29, 0.717) is 0 Å². The normalized spacial score (nSPS) is 13.3. The number of thioether (sulfide) groups is 1. The van der Waals surface area contributed by atoms with Gasteiger partial charge in [-0.15, -0.1) is 11.8 Å². The summed E-state index contributed by atoms with van der Waals surface area (Å²) in [6, 6.07) is 27.8. The molecule has 0 radical (unpaired) electrons. The van der Waals surface area contributed by atoms with Crippen molar-refractivity contribution in [1.29, 1.82) is 0 Å². The van der Waals surface area contributed by atoms with E-state index in [2.05, 4.69) is 30.3 Å². The molecule has 6 heteroatoms. The summed E-state index contributed by atoms with van der Waals surface area (Å²) in [5.74, 6) is -1.16. The van der Waals surface area contributed by atoms with Crippen molar-refractivity contribution in [2.45, 2.75) is 68.0 Å². The topological polar surface area (TPSA) is 72.8 Å². The van der Waals surface area contributed by atoms with E-state index in [-0.39, 0.29) is 0 Å². The van der Waals surface area contributed by atoms with Gasteiger partial charge < -0.3 is 14.6 Å². The number of carbonyl (C=O) groups excluding carboxylic acids is 2. The molecule has 1 N–H and O–H groups in total. The zero-order chi connectivity index (χ0) is 27.9. The molecule has 0 amide bonds. The SMILES string of the molecule is COC(=O)C(SC(c1ccccc1CCCCCCCCc1ccccc1)C(O)C(=O)OC)c1ccccc1. The number of aliphatic hydroxyl groups is 1. The van der Waals surface area contributed by atoms with Crippen LogP contribution >= 0.6 is 11.8 Å².